The summed E-state index contributed by atoms with van der Waals surface area (Å²) in [6, 6.07) is 13.1. The molecular formula is C26H31FN2O4. The summed E-state index contributed by atoms with van der Waals surface area (Å²) in [5, 5.41) is 15.0. The molecule has 0 saturated heterocycles. The van der Waals surface area contributed by atoms with Gasteiger partial charge in [0.15, 0.2) is 6.61 Å². The molecule has 2 aromatic rings. The van der Waals surface area contributed by atoms with Gasteiger partial charge in [-0.1, -0.05) is 48.0 Å². The van der Waals surface area contributed by atoms with E-state index in [0.29, 0.717) is 13.0 Å². The van der Waals surface area contributed by atoms with Crippen LogP contribution >= 0.6 is 0 Å². The molecule has 0 aromatic heterocycles. The minimum atomic E-state index is -0.709. The maximum absolute atomic E-state index is 14.4. The summed E-state index contributed by atoms with van der Waals surface area (Å²) in [5.74, 6) is -1.75. The lowest BCUT2D eigenvalue weighted by molar-refractivity contribution is -0.124. The van der Waals surface area contributed by atoms with E-state index in [0.717, 1.165) is 31.2 Å². The molecule has 1 aliphatic rings. The molecule has 0 bridgehead atoms. The van der Waals surface area contributed by atoms with Crippen molar-refractivity contribution in [2.24, 2.45) is 0 Å². The van der Waals surface area contributed by atoms with E-state index in [1.54, 1.807) is 0 Å². The Morgan fingerprint density at radius 3 is 2.64 bits per heavy atom. The third-order valence-electron chi connectivity index (χ3n) is 5.59. The molecule has 6 nitrogen and oxygen atoms in total. The fourth-order valence-corrected chi connectivity index (χ4v) is 3.87. The van der Waals surface area contributed by atoms with Crippen LogP contribution in [0, 0.1) is 5.82 Å². The maximum Gasteiger partial charge on any atom is 0.258 e. The Labute approximate surface area is 193 Å². The van der Waals surface area contributed by atoms with E-state index in [1.807, 2.05) is 30.3 Å². The van der Waals surface area contributed by atoms with Gasteiger partial charge >= 0.3 is 0 Å². The number of amides is 2. The molecule has 3 N–H and O–H groups in total. The van der Waals surface area contributed by atoms with E-state index in [1.165, 1.54) is 30.2 Å². The van der Waals surface area contributed by atoms with E-state index in [4.69, 9.17) is 4.74 Å². The van der Waals surface area contributed by atoms with Gasteiger partial charge in [0.05, 0.1) is 12.6 Å². The van der Waals surface area contributed by atoms with Crippen LogP contribution in [0.2, 0.25) is 0 Å². The number of benzene rings is 2. The normalized spacial score (nSPS) is 14.2. The van der Waals surface area contributed by atoms with E-state index in [2.05, 4.69) is 16.7 Å². The quantitative estimate of drug-likeness (QED) is 0.453. The van der Waals surface area contributed by atoms with E-state index in [-0.39, 0.29) is 17.9 Å². The number of carbonyl (C=O) groups excluding carboxylic acids is 2. The summed E-state index contributed by atoms with van der Waals surface area (Å²) >= 11 is 0. The van der Waals surface area contributed by atoms with Gasteiger partial charge in [0.25, 0.3) is 11.8 Å². The van der Waals surface area contributed by atoms with Crippen LogP contribution < -0.4 is 15.4 Å². The van der Waals surface area contributed by atoms with Gasteiger partial charge in [-0.25, -0.2) is 4.39 Å². The number of ether oxygens (including phenoxy) is 1. The van der Waals surface area contributed by atoms with Crippen LogP contribution in [-0.4, -0.2) is 42.7 Å². The smallest absolute Gasteiger partial charge is 0.258 e. The first-order valence-corrected chi connectivity index (χ1v) is 11.4. The monoisotopic (exact) mass is 454 g/mol. The van der Waals surface area contributed by atoms with Crippen LogP contribution in [0.3, 0.4) is 0 Å². The molecule has 3 rings (SSSR count). The molecule has 0 heterocycles. The lowest BCUT2D eigenvalue weighted by atomic mass is 9.97. The molecule has 2 amide bonds. The molecule has 0 unspecified atom stereocenters. The highest BCUT2D eigenvalue weighted by Crippen LogP contribution is 2.22. The van der Waals surface area contributed by atoms with Crippen molar-refractivity contribution in [1.29, 1.82) is 0 Å². The highest BCUT2D eigenvalue weighted by Gasteiger charge is 2.19. The van der Waals surface area contributed by atoms with Crippen LogP contribution in [-0.2, 0) is 11.2 Å². The van der Waals surface area contributed by atoms with Crippen molar-refractivity contribution < 1.29 is 23.8 Å². The molecule has 1 aliphatic carbocycles. The van der Waals surface area contributed by atoms with E-state index in [9.17, 15) is 19.1 Å². The molecule has 0 saturated carbocycles. The molecule has 0 aliphatic heterocycles. The van der Waals surface area contributed by atoms with Crippen molar-refractivity contribution >= 4 is 11.8 Å². The number of carbonyl (C=O) groups is 2. The first-order chi connectivity index (χ1) is 16.1. The van der Waals surface area contributed by atoms with Gasteiger partial charge in [-0.15, -0.1) is 0 Å². The number of rotatable bonds is 11. The number of allylic oxidation sites excluding steroid dienone is 1. The predicted molar refractivity (Wildman–Crippen MR) is 125 cm³/mol. The Hall–Kier alpha value is -3.19. The second-order valence-electron chi connectivity index (χ2n) is 8.15. The highest BCUT2D eigenvalue weighted by molar-refractivity contribution is 5.97. The molecule has 33 heavy (non-hydrogen) atoms. The Morgan fingerprint density at radius 2 is 1.91 bits per heavy atom. The predicted octanol–water partition coefficient (Wildman–Crippen LogP) is 3.54. The van der Waals surface area contributed by atoms with Crippen LogP contribution in [0.5, 0.6) is 5.75 Å². The van der Waals surface area contributed by atoms with Crippen LogP contribution in [0.25, 0.3) is 0 Å². The molecule has 0 fully saturated rings. The summed E-state index contributed by atoms with van der Waals surface area (Å²) in [4.78, 5) is 25.0. The van der Waals surface area contributed by atoms with Gasteiger partial charge < -0.3 is 20.5 Å². The van der Waals surface area contributed by atoms with Crippen molar-refractivity contribution in [3.63, 3.8) is 0 Å². The van der Waals surface area contributed by atoms with Gasteiger partial charge in [0.1, 0.15) is 17.1 Å². The molecule has 7 heteroatoms. The van der Waals surface area contributed by atoms with E-state index >= 15 is 0 Å². The molecule has 176 valence electrons. The average molecular weight is 455 g/mol. The average Bonchev–Trinajstić information content (AvgIpc) is 2.83. The lowest BCUT2D eigenvalue weighted by Gasteiger charge is -2.17. The maximum atomic E-state index is 14.4. The standard InChI is InChI=1S/C26H31FN2O4/c27-22-12-7-13-23(25(22)26(32)28-15-14-19-8-3-1-4-9-19)33-18-24(31)29-21(17-30)16-20-10-5-2-6-11-20/h2,5-8,10-13,21,30H,1,3-4,9,14-18H2,(H,28,32)(H,29,31)/t21-/m1/s1. The van der Waals surface area contributed by atoms with Gasteiger partial charge in [0, 0.05) is 6.54 Å². The third-order valence-corrected chi connectivity index (χ3v) is 5.59. The number of aliphatic hydroxyl groups is 1. The SMILES string of the molecule is O=C(COc1cccc(F)c1C(=O)NCCC1=CCCCC1)N[C@@H](CO)Cc1ccccc1. The minimum absolute atomic E-state index is 0.00291. The molecule has 2 aromatic carbocycles. The summed E-state index contributed by atoms with van der Waals surface area (Å²) in [7, 11) is 0. The topological polar surface area (TPSA) is 87.7 Å². The second-order valence-corrected chi connectivity index (χ2v) is 8.15. The Morgan fingerprint density at radius 1 is 1.09 bits per heavy atom. The zero-order valence-electron chi connectivity index (χ0n) is 18.7. The Bertz CT molecular complexity index is 962. The van der Waals surface area contributed by atoms with Crippen molar-refractivity contribution in [2.75, 3.05) is 19.8 Å². The summed E-state index contributed by atoms with van der Waals surface area (Å²) < 4.78 is 19.9. The lowest BCUT2D eigenvalue weighted by Crippen LogP contribution is -2.41. The molecule has 0 radical (unpaired) electrons. The van der Waals surface area contributed by atoms with Crippen LogP contribution in [0.1, 0.15) is 48.0 Å². The number of hydrogen-bond acceptors (Lipinski definition) is 4. The zero-order valence-corrected chi connectivity index (χ0v) is 18.7. The van der Waals surface area contributed by atoms with Gasteiger partial charge in [-0.2, -0.15) is 0 Å². The van der Waals surface area contributed by atoms with E-state index < -0.39 is 30.3 Å². The summed E-state index contributed by atoms with van der Waals surface area (Å²) in [5.41, 5.74) is 2.08. The number of hydrogen-bond donors (Lipinski definition) is 3. The van der Waals surface area contributed by atoms with Crippen LogP contribution in [0.4, 0.5) is 4.39 Å². The van der Waals surface area contributed by atoms with Gasteiger partial charge in [0.2, 0.25) is 0 Å². The first kappa shape index (κ1) is 24.5. The fourth-order valence-electron chi connectivity index (χ4n) is 3.87. The van der Waals surface area contributed by atoms with Crippen molar-refractivity contribution in [1.82, 2.24) is 10.6 Å². The Kier molecular flexibility index (Phi) is 9.44. The number of nitrogens with one attached hydrogen (secondary N) is 2. The summed E-state index contributed by atoms with van der Waals surface area (Å²) in [6.07, 6.45) is 7.89. The second kappa shape index (κ2) is 12.7. The van der Waals surface area contributed by atoms with Crippen LogP contribution in [0.15, 0.2) is 60.2 Å². The van der Waals surface area contributed by atoms with Gasteiger partial charge in [-0.3, -0.25) is 9.59 Å². The fraction of sp³-hybridized carbons (Fsp3) is 0.385. The summed E-state index contributed by atoms with van der Waals surface area (Å²) in [6.45, 7) is -0.219. The molecule has 0 spiro atoms. The molecule has 1 atom stereocenters. The first-order valence-electron chi connectivity index (χ1n) is 11.4. The zero-order chi connectivity index (χ0) is 23.5. The minimum Gasteiger partial charge on any atom is -0.483 e. The van der Waals surface area contributed by atoms with Gasteiger partial charge in [-0.05, 0) is 56.2 Å². The third kappa shape index (κ3) is 7.71. The van der Waals surface area contributed by atoms with Crippen molar-refractivity contribution in [3.8, 4) is 5.75 Å². The largest absolute Gasteiger partial charge is 0.483 e. The Balaban J connectivity index is 1.53. The molecular weight excluding hydrogens is 423 g/mol. The van der Waals surface area contributed by atoms with Crippen molar-refractivity contribution in [3.05, 3.63) is 77.1 Å². The highest BCUT2D eigenvalue weighted by atomic mass is 19.1. The van der Waals surface area contributed by atoms with Crippen molar-refractivity contribution in [2.45, 2.75) is 44.6 Å². The number of halogens is 1. The number of aliphatic hydroxyl groups excluding tert-OH is 1.